The lowest BCUT2D eigenvalue weighted by molar-refractivity contribution is -0.660. The average Bonchev–Trinajstić information content (AvgIpc) is 2.58. The smallest absolute Gasteiger partial charge is 0.213 e. The molecule has 0 atom stereocenters. The van der Waals surface area contributed by atoms with Gasteiger partial charge in [-0.25, -0.2) is 4.57 Å². The molecule has 0 amide bonds. The van der Waals surface area contributed by atoms with E-state index in [4.69, 9.17) is 4.98 Å². The number of hydrogen-bond donors (Lipinski definition) is 0. The quantitative estimate of drug-likeness (QED) is 0.364. The summed E-state index contributed by atoms with van der Waals surface area (Å²) in [6.45, 7) is 6.51. The van der Waals surface area contributed by atoms with Crippen LogP contribution in [0, 0.1) is 20.8 Å². The highest BCUT2D eigenvalue weighted by Gasteiger charge is 2.18. The lowest BCUT2D eigenvalue weighted by atomic mass is 9.95. The monoisotopic (exact) mass is 313 g/mol. The van der Waals surface area contributed by atoms with E-state index in [2.05, 4.69) is 75.0 Å². The molecule has 0 radical (unpaired) electrons. The lowest BCUT2D eigenvalue weighted by Crippen LogP contribution is -2.31. The van der Waals surface area contributed by atoms with Gasteiger partial charge in [0.1, 0.15) is 7.05 Å². The van der Waals surface area contributed by atoms with Crippen molar-refractivity contribution in [2.45, 2.75) is 20.8 Å². The first-order valence-electron chi connectivity index (χ1n) is 8.30. The van der Waals surface area contributed by atoms with Gasteiger partial charge in [0, 0.05) is 28.6 Å². The van der Waals surface area contributed by atoms with E-state index in [0.29, 0.717) is 0 Å². The van der Waals surface area contributed by atoms with E-state index in [1.165, 1.54) is 44.1 Å². The number of rotatable bonds is 1. The van der Waals surface area contributed by atoms with E-state index in [-0.39, 0.29) is 0 Å². The zero-order valence-corrected chi connectivity index (χ0v) is 14.6. The molecule has 0 N–H and O–H groups in total. The van der Waals surface area contributed by atoms with E-state index >= 15 is 0 Å². The normalized spacial score (nSPS) is 11.3. The van der Waals surface area contributed by atoms with Crippen LogP contribution in [0.3, 0.4) is 0 Å². The summed E-state index contributed by atoms with van der Waals surface area (Å²) in [6.07, 6.45) is 4.23. The van der Waals surface area contributed by atoms with Gasteiger partial charge in [-0.2, -0.15) is 0 Å². The highest BCUT2D eigenvalue weighted by atomic mass is 14.9. The van der Waals surface area contributed by atoms with Gasteiger partial charge >= 0.3 is 0 Å². The number of aromatic nitrogens is 2. The Balaban J connectivity index is 2.14. The molecule has 2 aromatic heterocycles. The van der Waals surface area contributed by atoms with Crippen LogP contribution in [0.2, 0.25) is 0 Å². The first kappa shape index (κ1) is 14.8. The molecule has 2 heteroatoms. The topological polar surface area (TPSA) is 16.8 Å². The Hall–Kier alpha value is -2.74. The van der Waals surface area contributed by atoms with Crippen molar-refractivity contribution in [1.29, 1.82) is 0 Å². The highest BCUT2D eigenvalue weighted by molar-refractivity contribution is 6.10. The Morgan fingerprint density at radius 3 is 2.42 bits per heavy atom. The predicted octanol–water partition coefficient (Wildman–Crippen LogP) is 4.80. The Kier molecular flexibility index (Phi) is 3.34. The van der Waals surface area contributed by atoms with Crippen LogP contribution in [0.1, 0.15) is 16.7 Å². The van der Waals surface area contributed by atoms with Crippen molar-refractivity contribution in [2.75, 3.05) is 0 Å². The van der Waals surface area contributed by atoms with E-state index in [1.54, 1.807) is 0 Å². The Morgan fingerprint density at radius 2 is 1.58 bits per heavy atom. The molecule has 0 saturated carbocycles. The molecule has 0 fully saturated rings. The van der Waals surface area contributed by atoms with E-state index in [1.807, 2.05) is 12.3 Å². The van der Waals surface area contributed by atoms with Crippen molar-refractivity contribution >= 4 is 21.7 Å². The summed E-state index contributed by atoms with van der Waals surface area (Å²) in [6, 6.07) is 15.1. The van der Waals surface area contributed by atoms with Crippen LogP contribution in [0.15, 0.2) is 54.9 Å². The van der Waals surface area contributed by atoms with Crippen LogP contribution in [0.25, 0.3) is 32.9 Å². The summed E-state index contributed by atoms with van der Waals surface area (Å²) < 4.78 is 2.22. The summed E-state index contributed by atoms with van der Waals surface area (Å²) in [5.74, 6) is 0. The van der Waals surface area contributed by atoms with Gasteiger partial charge in [0.25, 0.3) is 0 Å². The fourth-order valence-corrected chi connectivity index (χ4v) is 3.52. The van der Waals surface area contributed by atoms with Crippen LogP contribution >= 0.6 is 0 Å². The van der Waals surface area contributed by atoms with Crippen molar-refractivity contribution in [3.63, 3.8) is 0 Å². The molecule has 0 spiro atoms. The Morgan fingerprint density at radius 1 is 0.792 bits per heavy atom. The molecule has 0 aliphatic carbocycles. The minimum absolute atomic E-state index is 1.05. The van der Waals surface area contributed by atoms with Gasteiger partial charge < -0.3 is 0 Å². The highest BCUT2D eigenvalue weighted by Crippen LogP contribution is 2.33. The molecule has 0 aliphatic heterocycles. The third-order valence-electron chi connectivity index (χ3n) is 4.98. The Bertz CT molecular complexity index is 1090. The number of hydrogen-bond acceptors (Lipinski definition) is 1. The van der Waals surface area contributed by atoms with Crippen LogP contribution < -0.4 is 4.57 Å². The molecule has 0 aliphatic rings. The van der Waals surface area contributed by atoms with Gasteiger partial charge in [0.2, 0.25) is 5.69 Å². The summed E-state index contributed by atoms with van der Waals surface area (Å²) in [7, 11) is 2.12. The number of fused-ring (bicyclic) bond motifs is 3. The summed E-state index contributed by atoms with van der Waals surface area (Å²) in [5, 5.41) is 3.69. The number of benzene rings is 2. The van der Waals surface area contributed by atoms with E-state index in [9.17, 15) is 0 Å². The maximum Gasteiger partial charge on any atom is 0.213 e. The van der Waals surface area contributed by atoms with Crippen molar-refractivity contribution in [2.24, 2.45) is 7.05 Å². The van der Waals surface area contributed by atoms with Gasteiger partial charge in [0.15, 0.2) is 6.20 Å². The number of pyridine rings is 2. The minimum atomic E-state index is 1.05. The minimum Gasteiger partial charge on any atom is -0.256 e. The maximum atomic E-state index is 4.70. The van der Waals surface area contributed by atoms with Crippen LogP contribution in [0.4, 0.5) is 0 Å². The fraction of sp³-hybridized carbons (Fsp3) is 0.182. The van der Waals surface area contributed by atoms with Crippen molar-refractivity contribution in [3.8, 4) is 11.3 Å². The molecular weight excluding hydrogens is 292 g/mol. The van der Waals surface area contributed by atoms with Crippen molar-refractivity contribution < 1.29 is 4.57 Å². The van der Waals surface area contributed by atoms with Crippen LogP contribution in [-0.4, -0.2) is 4.98 Å². The average molecular weight is 313 g/mol. The molecule has 4 rings (SSSR count). The molecule has 2 heterocycles. The Labute approximate surface area is 142 Å². The molecule has 0 bridgehead atoms. The van der Waals surface area contributed by atoms with Crippen LogP contribution in [0.5, 0.6) is 0 Å². The van der Waals surface area contributed by atoms with Crippen molar-refractivity contribution in [1.82, 2.24) is 4.98 Å². The second kappa shape index (κ2) is 5.41. The summed E-state index contributed by atoms with van der Waals surface area (Å²) in [4.78, 5) is 4.70. The second-order valence-corrected chi connectivity index (χ2v) is 6.63. The molecular formula is C22H21N2+. The van der Waals surface area contributed by atoms with Gasteiger partial charge in [0.05, 0.1) is 11.1 Å². The molecule has 2 aromatic carbocycles. The van der Waals surface area contributed by atoms with Gasteiger partial charge in [-0.1, -0.05) is 30.3 Å². The van der Waals surface area contributed by atoms with Crippen LogP contribution in [-0.2, 0) is 7.05 Å². The summed E-state index contributed by atoms with van der Waals surface area (Å²) >= 11 is 0. The molecule has 0 saturated heterocycles. The molecule has 24 heavy (non-hydrogen) atoms. The second-order valence-electron chi connectivity index (χ2n) is 6.63. The third kappa shape index (κ3) is 2.18. The van der Waals surface area contributed by atoms with E-state index < -0.39 is 0 Å². The number of para-hydroxylation sites is 1. The first-order valence-corrected chi connectivity index (χ1v) is 8.30. The maximum absolute atomic E-state index is 4.70. The SMILES string of the molecule is Cc1cc(-c2c(C)ccc3c2cnc2ccccc23)[n+](C)cc1C. The fourth-order valence-electron chi connectivity index (χ4n) is 3.52. The van der Waals surface area contributed by atoms with E-state index in [0.717, 1.165) is 5.52 Å². The summed E-state index contributed by atoms with van der Waals surface area (Å²) in [5.41, 5.74) is 7.45. The van der Waals surface area contributed by atoms with Gasteiger partial charge in [-0.15, -0.1) is 0 Å². The van der Waals surface area contributed by atoms with Crippen molar-refractivity contribution in [3.05, 3.63) is 71.5 Å². The van der Waals surface area contributed by atoms with Gasteiger partial charge in [-0.3, -0.25) is 4.98 Å². The molecule has 4 aromatic rings. The zero-order chi connectivity index (χ0) is 16.8. The zero-order valence-electron chi connectivity index (χ0n) is 14.6. The standard InChI is InChI=1S/C22H21N2/c1-14-9-10-17-18-7-5-6-8-20(18)23-12-19(17)22(14)21-11-15(2)16(3)13-24(21)4/h5-13H,1-4H3/q+1. The molecule has 2 nitrogen and oxygen atoms in total. The first-order chi connectivity index (χ1) is 11.6. The number of aryl methyl sites for hydroxylation is 4. The predicted molar refractivity (Wildman–Crippen MR) is 100 cm³/mol. The lowest BCUT2D eigenvalue weighted by Gasteiger charge is -2.12. The molecule has 0 unspecified atom stereocenters. The number of nitrogens with zero attached hydrogens (tertiary/aromatic N) is 2. The molecule has 118 valence electrons. The van der Waals surface area contributed by atoms with Gasteiger partial charge in [-0.05, 0) is 43.4 Å². The largest absolute Gasteiger partial charge is 0.256 e. The third-order valence-corrected chi connectivity index (χ3v) is 4.98.